The number of rotatable bonds is 1. The van der Waals surface area contributed by atoms with Crippen LogP contribution in [-0.4, -0.2) is 17.7 Å². The first-order valence-electron chi connectivity index (χ1n) is 4.08. The molecular weight excluding hydrogens is 182 g/mol. The summed E-state index contributed by atoms with van der Waals surface area (Å²) in [5, 5.41) is 10.1. The van der Waals surface area contributed by atoms with Gasteiger partial charge >= 0.3 is 6.03 Å². The molecular formula is C8H9N5O. The lowest BCUT2D eigenvalue weighted by Crippen LogP contribution is -2.34. The van der Waals surface area contributed by atoms with Crippen molar-refractivity contribution in [2.24, 2.45) is 16.2 Å². The number of carbonyl (C=O) groups excluding carboxylic acids is 1. The molecule has 0 radical (unpaired) electrons. The first-order chi connectivity index (χ1) is 6.77. The molecule has 6 heteroatoms. The molecule has 0 aliphatic carbocycles. The van der Waals surface area contributed by atoms with Crippen LogP contribution in [0.4, 0.5) is 10.5 Å². The molecule has 0 saturated carbocycles. The van der Waals surface area contributed by atoms with Gasteiger partial charge in [-0.3, -0.25) is 0 Å². The van der Waals surface area contributed by atoms with Gasteiger partial charge in [-0.15, -0.1) is 0 Å². The SMILES string of the molecule is NC(=O)N1CN(c2ccccc2)N=N1. The second-order valence-corrected chi connectivity index (χ2v) is 2.79. The average molecular weight is 191 g/mol. The van der Waals surface area contributed by atoms with Crippen molar-refractivity contribution in [2.45, 2.75) is 0 Å². The summed E-state index contributed by atoms with van der Waals surface area (Å²) in [4.78, 5) is 10.7. The van der Waals surface area contributed by atoms with Crippen LogP contribution in [0.3, 0.4) is 0 Å². The molecule has 0 saturated heterocycles. The highest BCUT2D eigenvalue weighted by Gasteiger charge is 2.20. The highest BCUT2D eigenvalue weighted by Crippen LogP contribution is 2.18. The number of nitrogens with two attached hydrogens (primary N) is 1. The Morgan fingerprint density at radius 1 is 1.29 bits per heavy atom. The topological polar surface area (TPSA) is 74.3 Å². The van der Waals surface area contributed by atoms with E-state index in [0.717, 1.165) is 10.7 Å². The summed E-state index contributed by atoms with van der Waals surface area (Å²) in [6.45, 7) is 0.263. The van der Waals surface area contributed by atoms with Crippen LogP contribution in [0, 0.1) is 0 Å². The van der Waals surface area contributed by atoms with Crippen molar-refractivity contribution in [3.8, 4) is 0 Å². The molecule has 1 heterocycles. The van der Waals surface area contributed by atoms with E-state index in [1.54, 1.807) is 5.01 Å². The molecule has 0 unspecified atom stereocenters. The zero-order chi connectivity index (χ0) is 9.97. The summed E-state index contributed by atoms with van der Waals surface area (Å²) in [7, 11) is 0. The van der Waals surface area contributed by atoms with E-state index in [4.69, 9.17) is 5.73 Å². The minimum absolute atomic E-state index is 0.263. The van der Waals surface area contributed by atoms with E-state index >= 15 is 0 Å². The summed E-state index contributed by atoms with van der Waals surface area (Å²) >= 11 is 0. The number of urea groups is 1. The fraction of sp³-hybridized carbons (Fsp3) is 0.125. The molecule has 0 spiro atoms. The predicted molar refractivity (Wildman–Crippen MR) is 50.1 cm³/mol. The summed E-state index contributed by atoms with van der Waals surface area (Å²) in [6.07, 6.45) is 0. The molecule has 0 fully saturated rings. The van der Waals surface area contributed by atoms with Crippen LogP contribution in [0.25, 0.3) is 0 Å². The van der Waals surface area contributed by atoms with E-state index in [1.165, 1.54) is 0 Å². The standard InChI is InChI=1S/C8H9N5O/c9-8(14)13-6-12(10-11-13)7-4-2-1-3-5-7/h1-5H,6H2,(H2,9,14). The van der Waals surface area contributed by atoms with Gasteiger partial charge in [0, 0.05) is 0 Å². The maximum Gasteiger partial charge on any atom is 0.338 e. The molecule has 1 aliphatic heterocycles. The summed E-state index contributed by atoms with van der Waals surface area (Å²) in [5.41, 5.74) is 5.92. The Morgan fingerprint density at radius 3 is 2.57 bits per heavy atom. The molecule has 72 valence electrons. The zero-order valence-corrected chi connectivity index (χ0v) is 7.37. The van der Waals surface area contributed by atoms with Crippen LogP contribution >= 0.6 is 0 Å². The number of nitrogens with zero attached hydrogens (tertiary/aromatic N) is 4. The van der Waals surface area contributed by atoms with Crippen molar-refractivity contribution in [2.75, 3.05) is 11.7 Å². The summed E-state index contributed by atoms with van der Waals surface area (Å²) in [6, 6.07) is 8.83. The number of amides is 2. The number of hydrogen-bond donors (Lipinski definition) is 1. The van der Waals surface area contributed by atoms with Crippen molar-refractivity contribution in [1.82, 2.24) is 5.01 Å². The van der Waals surface area contributed by atoms with Gasteiger partial charge in [0.15, 0.2) is 0 Å². The summed E-state index contributed by atoms with van der Waals surface area (Å²) in [5.74, 6) is 0. The number of para-hydroxylation sites is 1. The van der Waals surface area contributed by atoms with E-state index in [2.05, 4.69) is 10.4 Å². The Labute approximate surface area is 80.6 Å². The minimum atomic E-state index is -0.604. The van der Waals surface area contributed by atoms with Gasteiger partial charge in [-0.2, -0.15) is 5.01 Å². The third-order valence-corrected chi connectivity index (χ3v) is 1.83. The molecule has 2 rings (SSSR count). The Balaban J connectivity index is 2.11. The monoisotopic (exact) mass is 191 g/mol. The largest absolute Gasteiger partial charge is 0.350 e. The smallest absolute Gasteiger partial charge is 0.338 e. The molecule has 0 bridgehead atoms. The van der Waals surface area contributed by atoms with Gasteiger partial charge in [0.25, 0.3) is 0 Å². The van der Waals surface area contributed by atoms with Crippen LogP contribution in [0.1, 0.15) is 0 Å². The molecule has 1 aromatic rings. The maximum absolute atomic E-state index is 10.7. The normalized spacial score (nSPS) is 14.9. The van der Waals surface area contributed by atoms with Gasteiger partial charge in [0.1, 0.15) is 6.67 Å². The van der Waals surface area contributed by atoms with E-state index in [0.29, 0.717) is 0 Å². The number of hydrogen-bond acceptors (Lipinski definition) is 4. The van der Waals surface area contributed by atoms with E-state index < -0.39 is 6.03 Å². The molecule has 2 amide bonds. The van der Waals surface area contributed by atoms with Crippen molar-refractivity contribution in [3.63, 3.8) is 0 Å². The fourth-order valence-corrected chi connectivity index (χ4v) is 1.13. The highest BCUT2D eigenvalue weighted by molar-refractivity contribution is 5.72. The van der Waals surface area contributed by atoms with Gasteiger partial charge < -0.3 is 5.73 Å². The van der Waals surface area contributed by atoms with Gasteiger partial charge in [-0.25, -0.2) is 9.80 Å². The first kappa shape index (κ1) is 8.49. The first-order valence-corrected chi connectivity index (χ1v) is 4.08. The van der Waals surface area contributed by atoms with Crippen molar-refractivity contribution in [3.05, 3.63) is 30.3 Å². The van der Waals surface area contributed by atoms with Crippen LogP contribution in [0.15, 0.2) is 40.8 Å². The Bertz CT molecular complexity index is 363. The van der Waals surface area contributed by atoms with Crippen LogP contribution in [0.5, 0.6) is 0 Å². The predicted octanol–water partition coefficient (Wildman–Crippen LogP) is 1.13. The van der Waals surface area contributed by atoms with Crippen molar-refractivity contribution < 1.29 is 4.79 Å². The van der Waals surface area contributed by atoms with E-state index in [1.807, 2.05) is 30.3 Å². The van der Waals surface area contributed by atoms with Gasteiger partial charge in [-0.1, -0.05) is 18.2 Å². The van der Waals surface area contributed by atoms with Crippen LogP contribution in [-0.2, 0) is 0 Å². The highest BCUT2D eigenvalue weighted by atomic mass is 16.2. The second kappa shape index (κ2) is 3.33. The Hall–Kier alpha value is -2.11. The van der Waals surface area contributed by atoms with Gasteiger partial charge in [0.05, 0.1) is 5.69 Å². The molecule has 0 atom stereocenters. The molecule has 0 aromatic heterocycles. The quantitative estimate of drug-likeness (QED) is 0.722. The van der Waals surface area contributed by atoms with Gasteiger partial charge in [0.2, 0.25) is 0 Å². The average Bonchev–Trinajstić information content (AvgIpc) is 2.68. The third-order valence-electron chi connectivity index (χ3n) is 1.83. The molecule has 2 N–H and O–H groups in total. The molecule has 14 heavy (non-hydrogen) atoms. The number of benzene rings is 1. The lowest BCUT2D eigenvalue weighted by Gasteiger charge is -2.12. The Kier molecular flexibility index (Phi) is 2.02. The third kappa shape index (κ3) is 1.49. The van der Waals surface area contributed by atoms with Crippen LogP contribution in [0.2, 0.25) is 0 Å². The van der Waals surface area contributed by atoms with Gasteiger partial charge in [-0.05, 0) is 22.6 Å². The maximum atomic E-state index is 10.7. The van der Waals surface area contributed by atoms with E-state index in [9.17, 15) is 4.79 Å². The van der Waals surface area contributed by atoms with Crippen molar-refractivity contribution >= 4 is 11.7 Å². The molecule has 1 aromatic carbocycles. The number of carbonyl (C=O) groups is 1. The Morgan fingerprint density at radius 2 is 2.00 bits per heavy atom. The number of primary amides is 1. The minimum Gasteiger partial charge on any atom is -0.350 e. The zero-order valence-electron chi connectivity index (χ0n) is 7.37. The van der Waals surface area contributed by atoms with Crippen LogP contribution < -0.4 is 10.7 Å². The molecule has 1 aliphatic rings. The van der Waals surface area contributed by atoms with Crippen molar-refractivity contribution in [1.29, 1.82) is 0 Å². The van der Waals surface area contributed by atoms with E-state index in [-0.39, 0.29) is 6.67 Å². The second-order valence-electron chi connectivity index (χ2n) is 2.79. The lowest BCUT2D eigenvalue weighted by atomic mass is 10.3. The summed E-state index contributed by atoms with van der Waals surface area (Å²) < 4.78 is 0. The lowest BCUT2D eigenvalue weighted by molar-refractivity contribution is 0.214. The fourth-order valence-electron chi connectivity index (χ4n) is 1.13. The molecule has 6 nitrogen and oxygen atoms in total. The number of anilines is 1.